The Balaban J connectivity index is 1.56. The second kappa shape index (κ2) is 7.79. The lowest BCUT2D eigenvalue weighted by atomic mass is 10.1. The van der Waals surface area contributed by atoms with E-state index in [1.54, 1.807) is 18.2 Å². The van der Waals surface area contributed by atoms with Crippen molar-refractivity contribution in [3.8, 4) is 11.5 Å². The maximum atomic E-state index is 13.1. The van der Waals surface area contributed by atoms with Crippen LogP contribution in [-0.2, 0) is 21.5 Å². The molecule has 0 spiro atoms. The number of benzene rings is 2. The van der Waals surface area contributed by atoms with Crippen molar-refractivity contribution in [1.82, 2.24) is 4.31 Å². The first-order valence-corrected chi connectivity index (χ1v) is 10.5. The fourth-order valence-electron chi connectivity index (χ4n) is 3.02. The molecule has 1 amide bonds. The Bertz CT molecular complexity index is 1160. The molecule has 0 fully saturated rings. The molecular weight excluding hydrogens is 413 g/mol. The third-order valence-corrected chi connectivity index (χ3v) is 5.84. The van der Waals surface area contributed by atoms with Crippen molar-refractivity contribution in [3.63, 3.8) is 0 Å². The first-order chi connectivity index (χ1) is 14.3. The van der Waals surface area contributed by atoms with Crippen molar-refractivity contribution in [2.75, 3.05) is 18.5 Å². The van der Waals surface area contributed by atoms with Gasteiger partial charge in [-0.25, -0.2) is 4.39 Å². The van der Waals surface area contributed by atoms with E-state index in [1.165, 1.54) is 37.4 Å². The van der Waals surface area contributed by atoms with E-state index in [0.29, 0.717) is 36.0 Å². The molecule has 8 nitrogen and oxygen atoms in total. The van der Waals surface area contributed by atoms with Gasteiger partial charge < -0.3 is 14.8 Å². The van der Waals surface area contributed by atoms with E-state index in [9.17, 15) is 17.6 Å². The third kappa shape index (κ3) is 4.13. The molecule has 0 bridgehead atoms. The third-order valence-electron chi connectivity index (χ3n) is 4.51. The van der Waals surface area contributed by atoms with E-state index in [4.69, 9.17) is 9.47 Å². The van der Waals surface area contributed by atoms with Crippen LogP contribution in [0.4, 0.5) is 10.1 Å². The van der Waals surface area contributed by atoms with Gasteiger partial charge in [0.1, 0.15) is 19.0 Å². The van der Waals surface area contributed by atoms with Gasteiger partial charge >= 0.3 is 10.2 Å². The highest BCUT2D eigenvalue weighted by molar-refractivity contribution is 7.88. The predicted octanol–water partition coefficient (Wildman–Crippen LogP) is 2.64. The van der Waals surface area contributed by atoms with Gasteiger partial charge in [-0.2, -0.15) is 8.42 Å². The average Bonchev–Trinajstić information content (AvgIpc) is 2.71. The maximum absolute atomic E-state index is 13.1. The minimum Gasteiger partial charge on any atom is -0.486 e. The lowest BCUT2D eigenvalue weighted by Crippen LogP contribution is -2.32. The van der Waals surface area contributed by atoms with Gasteiger partial charge in [-0.3, -0.25) is 9.10 Å². The summed E-state index contributed by atoms with van der Waals surface area (Å²) in [5.41, 5.74) is 1.19. The van der Waals surface area contributed by atoms with Crippen molar-refractivity contribution in [2.24, 2.45) is 4.40 Å². The molecule has 10 heteroatoms. The number of ether oxygens (including phenoxy) is 2. The van der Waals surface area contributed by atoms with Gasteiger partial charge in [-0.05, 0) is 36.8 Å². The topological polar surface area (TPSA) is 97.3 Å². The molecule has 4 rings (SSSR count). The van der Waals surface area contributed by atoms with Gasteiger partial charge in [-0.15, -0.1) is 4.40 Å². The molecule has 2 aliphatic rings. The average molecular weight is 431 g/mol. The van der Waals surface area contributed by atoms with E-state index >= 15 is 0 Å². The zero-order valence-corrected chi connectivity index (χ0v) is 16.8. The highest BCUT2D eigenvalue weighted by Gasteiger charge is 2.28. The molecule has 156 valence electrons. The number of nitrogens with one attached hydrogen (secondary N) is 1. The standard InChI is InChI=1S/C20H18FN3O5S/c1-13-17(20(25)22-16-6-7-18-19(10-16)29-9-8-28-18)12-24(30(26,27)23-13)11-14-2-4-15(21)5-3-14/h2-7,10,12H,8-9,11H2,1H3,(H,22,25). The number of carbonyl (C=O) groups is 1. The number of rotatable bonds is 4. The van der Waals surface area contributed by atoms with E-state index in [-0.39, 0.29) is 17.8 Å². The lowest BCUT2D eigenvalue weighted by molar-refractivity contribution is -0.112. The fourth-order valence-corrected chi connectivity index (χ4v) is 4.12. The van der Waals surface area contributed by atoms with Crippen LogP contribution in [-0.4, -0.2) is 37.6 Å². The lowest BCUT2D eigenvalue weighted by Gasteiger charge is -2.24. The van der Waals surface area contributed by atoms with Crippen LogP contribution >= 0.6 is 0 Å². The molecule has 0 saturated carbocycles. The Morgan fingerprint density at radius 2 is 1.83 bits per heavy atom. The molecule has 0 saturated heterocycles. The highest BCUT2D eigenvalue weighted by atomic mass is 32.2. The number of hydrogen-bond acceptors (Lipinski definition) is 5. The molecule has 0 unspecified atom stereocenters. The molecular formula is C20H18FN3O5S. The summed E-state index contributed by atoms with van der Waals surface area (Å²) in [6.07, 6.45) is 1.23. The van der Waals surface area contributed by atoms with Crippen LogP contribution in [0.5, 0.6) is 11.5 Å². The number of fused-ring (bicyclic) bond motifs is 1. The molecule has 2 aliphatic heterocycles. The SMILES string of the molecule is CC1=NS(=O)(=O)N(Cc2ccc(F)cc2)C=C1C(=O)Nc1ccc2c(c1)OCCO2. The van der Waals surface area contributed by atoms with E-state index in [0.717, 1.165) is 4.31 Å². The second-order valence-electron chi connectivity index (χ2n) is 6.68. The smallest absolute Gasteiger partial charge is 0.344 e. The Morgan fingerprint density at radius 1 is 1.13 bits per heavy atom. The number of hydrogen-bond donors (Lipinski definition) is 1. The zero-order chi connectivity index (χ0) is 21.3. The quantitative estimate of drug-likeness (QED) is 0.803. The number of nitrogens with zero attached hydrogens (tertiary/aromatic N) is 2. The summed E-state index contributed by atoms with van der Waals surface area (Å²) < 4.78 is 53.5. The summed E-state index contributed by atoms with van der Waals surface area (Å²) in [5.74, 6) is 0.157. The monoisotopic (exact) mass is 431 g/mol. The molecule has 1 N–H and O–H groups in total. The highest BCUT2D eigenvalue weighted by Crippen LogP contribution is 2.33. The predicted molar refractivity (Wildman–Crippen MR) is 108 cm³/mol. The summed E-state index contributed by atoms with van der Waals surface area (Å²) in [5, 5.41) is 2.72. The van der Waals surface area contributed by atoms with Crippen molar-refractivity contribution in [2.45, 2.75) is 13.5 Å². The van der Waals surface area contributed by atoms with Gasteiger partial charge in [0.05, 0.1) is 17.8 Å². The molecule has 2 aromatic carbocycles. The van der Waals surface area contributed by atoms with Gasteiger partial charge in [-0.1, -0.05) is 12.1 Å². The molecule has 0 radical (unpaired) electrons. The van der Waals surface area contributed by atoms with Crippen LogP contribution < -0.4 is 14.8 Å². The minimum absolute atomic E-state index is 0.0698. The van der Waals surface area contributed by atoms with Crippen molar-refractivity contribution >= 4 is 27.5 Å². The van der Waals surface area contributed by atoms with Crippen molar-refractivity contribution < 1.29 is 27.1 Å². The van der Waals surface area contributed by atoms with Gasteiger partial charge in [0.25, 0.3) is 5.91 Å². The van der Waals surface area contributed by atoms with Crippen LogP contribution in [0.15, 0.2) is 58.6 Å². The number of anilines is 1. The summed E-state index contributed by atoms with van der Waals surface area (Å²) in [4.78, 5) is 12.8. The van der Waals surface area contributed by atoms with Gasteiger partial charge in [0.2, 0.25) is 0 Å². The van der Waals surface area contributed by atoms with Crippen LogP contribution in [0.1, 0.15) is 12.5 Å². The van der Waals surface area contributed by atoms with Crippen LogP contribution in [0.2, 0.25) is 0 Å². The van der Waals surface area contributed by atoms with Crippen LogP contribution in [0.25, 0.3) is 0 Å². The van der Waals surface area contributed by atoms with Crippen molar-refractivity contribution in [3.05, 3.63) is 65.6 Å². The van der Waals surface area contributed by atoms with Crippen LogP contribution in [0.3, 0.4) is 0 Å². The van der Waals surface area contributed by atoms with E-state index in [1.807, 2.05) is 0 Å². The summed E-state index contributed by atoms with van der Waals surface area (Å²) in [6.45, 7) is 2.24. The Kier molecular flexibility index (Phi) is 5.17. The van der Waals surface area contributed by atoms with Gasteiger partial charge in [0.15, 0.2) is 11.5 Å². The Labute approximate surface area is 172 Å². The minimum atomic E-state index is -4.00. The molecule has 0 aromatic heterocycles. The second-order valence-corrected chi connectivity index (χ2v) is 8.23. The van der Waals surface area contributed by atoms with Gasteiger partial charge in [0, 0.05) is 18.0 Å². The number of amides is 1. The normalized spacial score (nSPS) is 17.1. The zero-order valence-electron chi connectivity index (χ0n) is 16.0. The first kappa shape index (κ1) is 19.9. The molecule has 2 heterocycles. The first-order valence-electron chi connectivity index (χ1n) is 9.08. The largest absolute Gasteiger partial charge is 0.486 e. The molecule has 0 aliphatic carbocycles. The number of halogens is 1. The van der Waals surface area contributed by atoms with Crippen molar-refractivity contribution in [1.29, 1.82) is 0 Å². The molecule has 0 atom stereocenters. The van der Waals surface area contributed by atoms with Crippen LogP contribution in [0, 0.1) is 5.82 Å². The Hall–Kier alpha value is -3.40. The summed E-state index contributed by atoms with van der Waals surface area (Å²) in [6, 6.07) is 10.4. The fraction of sp³-hybridized carbons (Fsp3) is 0.200. The molecule has 30 heavy (non-hydrogen) atoms. The number of carbonyl (C=O) groups excluding carboxylic acids is 1. The summed E-state index contributed by atoms with van der Waals surface area (Å²) in [7, 11) is -4.00. The maximum Gasteiger partial charge on any atom is 0.344 e. The molecule has 2 aromatic rings. The van der Waals surface area contributed by atoms with E-state index in [2.05, 4.69) is 9.71 Å². The van der Waals surface area contributed by atoms with E-state index < -0.39 is 21.9 Å². The Morgan fingerprint density at radius 3 is 2.57 bits per heavy atom. The summed E-state index contributed by atoms with van der Waals surface area (Å²) >= 11 is 0.